The van der Waals surface area contributed by atoms with Crippen molar-refractivity contribution >= 4 is 15.9 Å². The monoisotopic (exact) mass is 289 g/mol. The average molecular weight is 289 g/mol. The van der Waals surface area contributed by atoms with Crippen molar-refractivity contribution in [3.05, 3.63) is 0 Å². The smallest absolute Gasteiger partial charge is 0.237 e. The second kappa shape index (κ2) is 5.76. The molecule has 1 saturated carbocycles. The number of carbonyl (C=O) groups is 1. The summed E-state index contributed by atoms with van der Waals surface area (Å²) in [6.07, 6.45) is 4.94. The average Bonchev–Trinajstić information content (AvgIpc) is 3.12. The predicted octanol–water partition coefficient (Wildman–Crippen LogP) is -0.333. The maximum Gasteiger partial charge on any atom is 0.237 e. The molecule has 1 aliphatic heterocycles. The molecule has 1 heterocycles. The van der Waals surface area contributed by atoms with E-state index in [4.69, 9.17) is 0 Å². The fourth-order valence-electron chi connectivity index (χ4n) is 2.34. The minimum absolute atomic E-state index is 0.0491. The van der Waals surface area contributed by atoms with Crippen LogP contribution in [0.1, 0.15) is 32.6 Å². The number of carbonyl (C=O) groups excluding carboxylic acids is 1. The first-order valence-corrected chi connectivity index (χ1v) is 8.72. The summed E-state index contributed by atoms with van der Waals surface area (Å²) in [6.45, 7) is 2.93. The first-order valence-electron chi connectivity index (χ1n) is 6.88. The molecular weight excluding hydrogens is 266 g/mol. The van der Waals surface area contributed by atoms with Crippen molar-refractivity contribution in [2.75, 3.05) is 19.3 Å². The van der Waals surface area contributed by atoms with Crippen molar-refractivity contribution in [1.82, 2.24) is 14.9 Å². The summed E-state index contributed by atoms with van der Waals surface area (Å²) in [5.41, 5.74) is 0. The van der Waals surface area contributed by atoms with Crippen molar-refractivity contribution in [2.45, 2.75) is 50.7 Å². The number of nitrogens with zero attached hydrogens (tertiary/aromatic N) is 1. The van der Waals surface area contributed by atoms with E-state index in [0.717, 1.165) is 25.7 Å². The van der Waals surface area contributed by atoms with Gasteiger partial charge < -0.3 is 10.6 Å². The minimum atomic E-state index is -3.08. The molecule has 19 heavy (non-hydrogen) atoms. The van der Waals surface area contributed by atoms with Crippen LogP contribution in [-0.4, -0.2) is 56.1 Å². The molecule has 1 amide bonds. The molecule has 0 aromatic rings. The van der Waals surface area contributed by atoms with Crippen LogP contribution < -0.4 is 10.6 Å². The lowest BCUT2D eigenvalue weighted by Gasteiger charge is -2.32. The van der Waals surface area contributed by atoms with E-state index in [-0.39, 0.29) is 18.0 Å². The molecule has 2 N–H and O–H groups in total. The van der Waals surface area contributed by atoms with Crippen molar-refractivity contribution in [3.63, 3.8) is 0 Å². The molecule has 1 saturated heterocycles. The Morgan fingerprint density at radius 3 is 2.21 bits per heavy atom. The van der Waals surface area contributed by atoms with E-state index in [1.165, 1.54) is 10.6 Å². The second-order valence-corrected chi connectivity index (χ2v) is 7.59. The van der Waals surface area contributed by atoms with E-state index < -0.39 is 10.0 Å². The molecule has 0 bridgehead atoms. The van der Waals surface area contributed by atoms with Gasteiger partial charge in [-0.05, 0) is 32.6 Å². The van der Waals surface area contributed by atoms with E-state index in [1.807, 2.05) is 6.92 Å². The van der Waals surface area contributed by atoms with Crippen LogP contribution in [0, 0.1) is 0 Å². The molecule has 1 aliphatic carbocycles. The van der Waals surface area contributed by atoms with Crippen molar-refractivity contribution in [1.29, 1.82) is 0 Å². The van der Waals surface area contributed by atoms with Gasteiger partial charge in [0.05, 0.1) is 12.3 Å². The SMILES string of the molecule is CC(NC1CCN(S(C)(=O)=O)CC1)C(=O)NC1CC1. The third-order valence-corrected chi connectivity index (χ3v) is 5.03. The molecule has 7 heteroatoms. The molecule has 2 aliphatic rings. The largest absolute Gasteiger partial charge is 0.352 e. The zero-order valence-corrected chi connectivity index (χ0v) is 12.4. The molecule has 0 aromatic heterocycles. The lowest BCUT2D eigenvalue weighted by Crippen LogP contribution is -2.51. The van der Waals surface area contributed by atoms with Crippen LogP contribution in [0.3, 0.4) is 0 Å². The Morgan fingerprint density at radius 1 is 1.16 bits per heavy atom. The van der Waals surface area contributed by atoms with Gasteiger partial charge in [0.25, 0.3) is 0 Å². The van der Waals surface area contributed by atoms with Gasteiger partial charge in [0.1, 0.15) is 0 Å². The summed E-state index contributed by atoms with van der Waals surface area (Å²) in [5.74, 6) is 0.0491. The molecule has 1 atom stereocenters. The van der Waals surface area contributed by atoms with E-state index in [1.54, 1.807) is 0 Å². The standard InChI is InChI=1S/C12H23N3O3S/c1-9(12(16)14-10-3-4-10)13-11-5-7-15(8-6-11)19(2,17)18/h9-11,13H,3-8H2,1-2H3,(H,14,16). The summed E-state index contributed by atoms with van der Waals surface area (Å²) >= 11 is 0. The Hall–Kier alpha value is -0.660. The zero-order chi connectivity index (χ0) is 14.0. The number of hydrogen-bond donors (Lipinski definition) is 2. The maximum atomic E-state index is 11.8. The number of nitrogens with one attached hydrogen (secondary N) is 2. The zero-order valence-electron chi connectivity index (χ0n) is 11.6. The normalized spacial score (nSPS) is 24.1. The van der Waals surface area contributed by atoms with Crippen LogP contribution >= 0.6 is 0 Å². The molecule has 0 spiro atoms. The highest BCUT2D eigenvalue weighted by molar-refractivity contribution is 7.88. The maximum absolute atomic E-state index is 11.8. The highest BCUT2D eigenvalue weighted by Crippen LogP contribution is 2.19. The summed E-state index contributed by atoms with van der Waals surface area (Å²) < 4.78 is 24.3. The van der Waals surface area contributed by atoms with Crippen molar-refractivity contribution in [2.24, 2.45) is 0 Å². The van der Waals surface area contributed by atoms with Crippen LogP contribution in [0.2, 0.25) is 0 Å². The number of sulfonamides is 1. The third-order valence-electron chi connectivity index (χ3n) is 3.73. The summed E-state index contributed by atoms with van der Waals surface area (Å²) in [4.78, 5) is 11.8. The second-order valence-electron chi connectivity index (χ2n) is 5.61. The molecule has 2 fully saturated rings. The number of rotatable bonds is 5. The van der Waals surface area contributed by atoms with Gasteiger partial charge >= 0.3 is 0 Å². The third kappa shape index (κ3) is 4.43. The highest BCUT2D eigenvalue weighted by atomic mass is 32.2. The van der Waals surface area contributed by atoms with Crippen LogP contribution in [0.5, 0.6) is 0 Å². The van der Waals surface area contributed by atoms with Gasteiger partial charge in [0, 0.05) is 25.2 Å². The van der Waals surface area contributed by atoms with Gasteiger partial charge in [-0.3, -0.25) is 4.79 Å². The van der Waals surface area contributed by atoms with Crippen LogP contribution in [0.15, 0.2) is 0 Å². The molecule has 1 unspecified atom stereocenters. The summed E-state index contributed by atoms with van der Waals surface area (Å²) in [6, 6.07) is 0.386. The van der Waals surface area contributed by atoms with Gasteiger partial charge in [0.2, 0.25) is 15.9 Å². The first kappa shape index (κ1) is 14.7. The fraction of sp³-hybridized carbons (Fsp3) is 0.917. The lowest BCUT2D eigenvalue weighted by molar-refractivity contribution is -0.123. The van der Waals surface area contributed by atoms with Crippen LogP contribution in [0.4, 0.5) is 0 Å². The molecule has 110 valence electrons. The molecular formula is C12H23N3O3S. The van der Waals surface area contributed by atoms with Gasteiger partial charge in [-0.25, -0.2) is 12.7 Å². The molecule has 6 nitrogen and oxygen atoms in total. The first-order chi connectivity index (χ1) is 8.86. The number of piperidine rings is 1. The topological polar surface area (TPSA) is 78.5 Å². The molecule has 0 radical (unpaired) electrons. The fourth-order valence-corrected chi connectivity index (χ4v) is 3.21. The number of hydrogen-bond acceptors (Lipinski definition) is 4. The lowest BCUT2D eigenvalue weighted by atomic mass is 10.1. The van der Waals surface area contributed by atoms with E-state index in [2.05, 4.69) is 10.6 Å². The van der Waals surface area contributed by atoms with Gasteiger partial charge in [-0.2, -0.15) is 0 Å². The van der Waals surface area contributed by atoms with Gasteiger partial charge in [-0.15, -0.1) is 0 Å². The number of amides is 1. The van der Waals surface area contributed by atoms with Crippen LogP contribution in [0.25, 0.3) is 0 Å². The quantitative estimate of drug-likeness (QED) is 0.726. The minimum Gasteiger partial charge on any atom is -0.352 e. The Kier molecular flexibility index (Phi) is 4.47. The predicted molar refractivity (Wildman–Crippen MR) is 73.2 cm³/mol. The Labute approximate surface area is 115 Å². The van der Waals surface area contributed by atoms with Crippen molar-refractivity contribution in [3.8, 4) is 0 Å². The molecule has 0 aromatic carbocycles. The Balaban J connectivity index is 1.74. The Morgan fingerprint density at radius 2 is 1.74 bits per heavy atom. The van der Waals surface area contributed by atoms with Crippen LogP contribution in [-0.2, 0) is 14.8 Å². The Bertz CT molecular complexity index is 426. The van der Waals surface area contributed by atoms with E-state index in [9.17, 15) is 13.2 Å². The van der Waals surface area contributed by atoms with E-state index in [0.29, 0.717) is 19.1 Å². The molecule has 2 rings (SSSR count). The highest BCUT2D eigenvalue weighted by Gasteiger charge is 2.29. The van der Waals surface area contributed by atoms with Gasteiger partial charge in [-0.1, -0.05) is 0 Å². The summed E-state index contributed by atoms with van der Waals surface area (Å²) in [7, 11) is -3.08. The summed E-state index contributed by atoms with van der Waals surface area (Å²) in [5, 5.41) is 6.26. The van der Waals surface area contributed by atoms with Gasteiger partial charge in [0.15, 0.2) is 0 Å². The van der Waals surface area contributed by atoms with E-state index >= 15 is 0 Å². The van der Waals surface area contributed by atoms with Crippen molar-refractivity contribution < 1.29 is 13.2 Å².